The van der Waals surface area contributed by atoms with E-state index in [1.807, 2.05) is 71.0 Å². The van der Waals surface area contributed by atoms with Gasteiger partial charge in [-0.3, -0.25) is 9.78 Å². The summed E-state index contributed by atoms with van der Waals surface area (Å²) in [5.41, 5.74) is 4.00. The number of terminal acetylenes is 1. The summed E-state index contributed by atoms with van der Waals surface area (Å²) in [6.07, 6.45) is 8.90. The first-order valence-corrected chi connectivity index (χ1v) is 14.3. The Bertz CT molecular complexity index is 1820. The van der Waals surface area contributed by atoms with Gasteiger partial charge in [-0.15, -0.1) is 6.42 Å². The first kappa shape index (κ1) is 29.0. The van der Waals surface area contributed by atoms with Crippen LogP contribution in [0.3, 0.4) is 0 Å². The molecule has 0 spiro atoms. The molecule has 1 fully saturated rings. The zero-order valence-electron chi connectivity index (χ0n) is 24.4. The van der Waals surface area contributed by atoms with Crippen molar-refractivity contribution >= 4 is 34.4 Å². The van der Waals surface area contributed by atoms with Gasteiger partial charge in [-0.25, -0.2) is 14.3 Å². The number of pyridine rings is 2. The van der Waals surface area contributed by atoms with Crippen LogP contribution in [0.4, 0.5) is 5.82 Å². The van der Waals surface area contributed by atoms with E-state index in [9.17, 15) is 9.59 Å². The molecule has 0 bridgehead atoms. The number of hydrogen-bond acceptors (Lipinski definition) is 6. The average Bonchev–Trinajstić information content (AvgIpc) is 2.97. The number of amides is 1. The van der Waals surface area contributed by atoms with Gasteiger partial charge in [0.1, 0.15) is 5.82 Å². The summed E-state index contributed by atoms with van der Waals surface area (Å²) in [6.45, 7) is 14.5. The lowest BCUT2D eigenvalue weighted by atomic mass is 10.0. The van der Waals surface area contributed by atoms with Crippen LogP contribution in [-0.4, -0.2) is 55.5 Å². The Labute approximate surface area is 250 Å². The number of benzene rings is 1. The summed E-state index contributed by atoms with van der Waals surface area (Å²) in [7, 11) is 0. The summed E-state index contributed by atoms with van der Waals surface area (Å²) >= 11 is 6.94. The number of aromatic nitrogens is 4. The lowest BCUT2D eigenvalue weighted by molar-refractivity contribution is -0.128. The third-order valence-electron chi connectivity index (χ3n) is 7.78. The Kier molecular flexibility index (Phi) is 7.89. The van der Waals surface area contributed by atoms with Crippen molar-refractivity contribution in [2.75, 3.05) is 18.0 Å². The molecule has 1 aliphatic heterocycles. The molecule has 1 aliphatic rings. The highest BCUT2D eigenvalue weighted by Gasteiger charge is 2.34. The van der Waals surface area contributed by atoms with Crippen molar-refractivity contribution in [2.24, 2.45) is 0 Å². The molecule has 1 aromatic carbocycles. The molecule has 0 N–H and O–H groups in total. The molecule has 8 nitrogen and oxygen atoms in total. The fourth-order valence-corrected chi connectivity index (χ4v) is 5.91. The number of aryl methyl sites for hydroxylation is 1. The van der Waals surface area contributed by atoms with E-state index in [0.717, 1.165) is 11.3 Å². The van der Waals surface area contributed by atoms with Crippen LogP contribution in [0.5, 0.6) is 0 Å². The van der Waals surface area contributed by atoms with Crippen LogP contribution in [0.2, 0.25) is 5.02 Å². The minimum atomic E-state index is -0.481. The third kappa shape index (κ3) is 4.94. The molecule has 214 valence electrons. The van der Waals surface area contributed by atoms with Crippen molar-refractivity contribution in [3.8, 4) is 29.3 Å². The van der Waals surface area contributed by atoms with Gasteiger partial charge in [0.05, 0.1) is 27.5 Å². The largest absolute Gasteiger partial charge is 0.355 e. The minimum Gasteiger partial charge on any atom is -0.349 e. The maximum Gasteiger partial charge on any atom is 0.355 e. The molecule has 0 radical (unpaired) electrons. The highest BCUT2D eigenvalue weighted by Crippen LogP contribution is 2.36. The van der Waals surface area contributed by atoms with Gasteiger partial charge in [-0.2, -0.15) is 4.98 Å². The third-order valence-corrected chi connectivity index (χ3v) is 8.07. The molecule has 2 atom stereocenters. The lowest BCUT2D eigenvalue weighted by Crippen LogP contribution is -2.58. The van der Waals surface area contributed by atoms with Crippen molar-refractivity contribution in [3.63, 3.8) is 0 Å². The van der Waals surface area contributed by atoms with Crippen LogP contribution in [0.1, 0.15) is 50.4 Å². The van der Waals surface area contributed by atoms with E-state index in [0.29, 0.717) is 57.5 Å². The molecule has 0 aliphatic carbocycles. The molecule has 42 heavy (non-hydrogen) atoms. The van der Waals surface area contributed by atoms with Gasteiger partial charge in [0.2, 0.25) is 5.91 Å². The quantitative estimate of drug-likeness (QED) is 0.228. The average molecular weight is 581 g/mol. The maximum atomic E-state index is 14.1. The Balaban J connectivity index is 1.84. The standard InChI is InChI=1S/C33H33ClN6O2/c1-8-23-12-10-11-13-24(23)29-26(34)16-25-31(39-18-21(6)38(17-22(39)7)27(41)9-2)37-33(42)40(32(25)36-29)30-20(5)14-15-35-28(30)19(3)4/h1,9-16,19,21-22H,2,17-18H2,3-7H3/t21-,22+/m1/s1. The van der Waals surface area contributed by atoms with Gasteiger partial charge in [0, 0.05) is 42.5 Å². The van der Waals surface area contributed by atoms with Crippen molar-refractivity contribution in [1.29, 1.82) is 0 Å². The van der Waals surface area contributed by atoms with Crippen molar-refractivity contribution in [1.82, 2.24) is 24.4 Å². The zero-order valence-corrected chi connectivity index (χ0v) is 25.2. The van der Waals surface area contributed by atoms with E-state index in [1.54, 1.807) is 15.7 Å². The number of rotatable bonds is 5. The summed E-state index contributed by atoms with van der Waals surface area (Å²) in [5.74, 6) is 3.09. The number of anilines is 1. The smallest absolute Gasteiger partial charge is 0.349 e. The predicted octanol–water partition coefficient (Wildman–Crippen LogP) is 5.52. The van der Waals surface area contributed by atoms with Gasteiger partial charge < -0.3 is 9.80 Å². The van der Waals surface area contributed by atoms with E-state index >= 15 is 0 Å². The number of fused-ring (bicyclic) bond motifs is 1. The molecule has 9 heteroatoms. The number of piperazine rings is 1. The van der Waals surface area contributed by atoms with Crippen LogP contribution in [0, 0.1) is 19.3 Å². The van der Waals surface area contributed by atoms with Crippen molar-refractivity contribution in [2.45, 2.75) is 52.6 Å². The van der Waals surface area contributed by atoms with E-state index in [-0.39, 0.29) is 23.9 Å². The Morgan fingerprint density at radius 2 is 1.90 bits per heavy atom. The number of nitrogens with zero attached hydrogens (tertiary/aromatic N) is 6. The fourth-order valence-electron chi connectivity index (χ4n) is 5.66. The summed E-state index contributed by atoms with van der Waals surface area (Å²) in [4.78, 5) is 44.8. The predicted molar refractivity (Wildman–Crippen MR) is 168 cm³/mol. The molecule has 1 saturated heterocycles. The molecule has 3 aromatic heterocycles. The van der Waals surface area contributed by atoms with Gasteiger partial charge in [-0.1, -0.05) is 56.1 Å². The van der Waals surface area contributed by atoms with Gasteiger partial charge in [0.25, 0.3) is 0 Å². The van der Waals surface area contributed by atoms with Crippen LogP contribution in [-0.2, 0) is 4.79 Å². The first-order chi connectivity index (χ1) is 20.1. The second-order valence-electron chi connectivity index (χ2n) is 11.0. The second-order valence-corrected chi connectivity index (χ2v) is 11.4. The van der Waals surface area contributed by atoms with E-state index in [1.165, 1.54) is 6.08 Å². The van der Waals surface area contributed by atoms with Crippen LogP contribution in [0.25, 0.3) is 28.0 Å². The van der Waals surface area contributed by atoms with Crippen LogP contribution >= 0.6 is 11.6 Å². The highest BCUT2D eigenvalue weighted by atomic mass is 35.5. The van der Waals surface area contributed by atoms with E-state index in [2.05, 4.69) is 27.4 Å². The zero-order chi connectivity index (χ0) is 30.3. The van der Waals surface area contributed by atoms with E-state index < -0.39 is 5.69 Å². The number of halogens is 1. The van der Waals surface area contributed by atoms with Gasteiger partial charge in [-0.05, 0) is 56.5 Å². The van der Waals surface area contributed by atoms with Crippen molar-refractivity contribution < 1.29 is 4.79 Å². The molecule has 4 aromatic rings. The first-order valence-electron chi connectivity index (χ1n) is 13.9. The summed E-state index contributed by atoms with van der Waals surface area (Å²) < 4.78 is 1.54. The number of carbonyl (C=O) groups excluding carboxylic acids is 1. The molecule has 4 heterocycles. The van der Waals surface area contributed by atoms with Crippen molar-refractivity contribution in [3.05, 3.63) is 87.6 Å². The Morgan fingerprint density at radius 3 is 2.60 bits per heavy atom. The summed E-state index contributed by atoms with van der Waals surface area (Å²) in [5, 5.41) is 0.994. The highest BCUT2D eigenvalue weighted by molar-refractivity contribution is 6.34. The van der Waals surface area contributed by atoms with Gasteiger partial charge in [0.15, 0.2) is 5.65 Å². The number of hydrogen-bond donors (Lipinski definition) is 0. The van der Waals surface area contributed by atoms with Crippen LogP contribution < -0.4 is 10.6 Å². The fraction of sp³-hybridized carbons (Fsp3) is 0.303. The van der Waals surface area contributed by atoms with Gasteiger partial charge >= 0.3 is 5.69 Å². The normalized spacial score (nSPS) is 17.0. The molecule has 0 saturated carbocycles. The molecular weight excluding hydrogens is 548 g/mol. The van der Waals surface area contributed by atoms with E-state index in [4.69, 9.17) is 23.0 Å². The Hall–Kier alpha value is -4.48. The summed E-state index contributed by atoms with van der Waals surface area (Å²) in [6, 6.07) is 10.8. The monoisotopic (exact) mass is 580 g/mol. The molecule has 1 amide bonds. The maximum absolute atomic E-state index is 14.1. The SMILES string of the molecule is C#Cc1ccccc1-c1nc2c(cc1Cl)c(N1C[C@@H](C)N(C(=O)C=C)C[C@@H]1C)nc(=O)n2-c1c(C)ccnc1C(C)C. The Morgan fingerprint density at radius 1 is 1.17 bits per heavy atom. The number of carbonyl (C=O) groups is 1. The second kappa shape index (κ2) is 11.4. The van der Waals surface area contributed by atoms with Crippen LogP contribution in [0.15, 0.2) is 60.0 Å². The lowest BCUT2D eigenvalue weighted by Gasteiger charge is -2.44. The molecular formula is C33H33ClN6O2. The molecule has 5 rings (SSSR count). The minimum absolute atomic E-state index is 0.0341. The topological polar surface area (TPSA) is 84.2 Å². The molecule has 0 unspecified atom stereocenters.